The van der Waals surface area contributed by atoms with E-state index in [1.54, 1.807) is 12.1 Å². The Morgan fingerprint density at radius 3 is 2.60 bits per heavy atom. The highest BCUT2D eigenvalue weighted by molar-refractivity contribution is 6.38. The molecule has 0 heterocycles. The first-order valence-corrected chi connectivity index (χ1v) is 4.62. The molecule has 15 heavy (non-hydrogen) atoms. The van der Waals surface area contributed by atoms with Gasteiger partial charge in [0.1, 0.15) is 5.75 Å². The zero-order valence-corrected chi connectivity index (χ0v) is 8.32. The van der Waals surface area contributed by atoms with Crippen molar-refractivity contribution < 1.29 is 15.0 Å². The Kier molecular flexibility index (Phi) is 2.25. The second-order valence-corrected chi connectivity index (χ2v) is 3.52. The molecule has 2 aromatic rings. The van der Waals surface area contributed by atoms with Crippen molar-refractivity contribution in [3.63, 3.8) is 0 Å². The fourth-order valence-electron chi connectivity index (χ4n) is 1.44. The minimum absolute atomic E-state index is 0.0647. The Balaban J connectivity index is 2.80. The first-order valence-electron chi connectivity index (χ1n) is 4.24. The molecule has 4 heteroatoms. The molecule has 0 aliphatic carbocycles. The van der Waals surface area contributed by atoms with Gasteiger partial charge < -0.3 is 10.2 Å². The number of phenols is 1. The van der Waals surface area contributed by atoms with Crippen LogP contribution in [0.3, 0.4) is 0 Å². The summed E-state index contributed by atoms with van der Waals surface area (Å²) < 4.78 is 0. The Morgan fingerprint density at radius 2 is 1.93 bits per heavy atom. The van der Waals surface area contributed by atoms with Crippen molar-refractivity contribution in [3.8, 4) is 5.75 Å². The van der Waals surface area contributed by atoms with E-state index in [0.29, 0.717) is 10.8 Å². The zero-order valence-electron chi connectivity index (χ0n) is 7.57. The standard InChI is InChI=1S/C11H7ClO3/c12-10-8-4-2-7(13)5-6(8)1-3-9(10)11(14)15/h1-5,13H,(H,14,15). The minimum Gasteiger partial charge on any atom is -0.508 e. The molecule has 0 bridgehead atoms. The molecule has 0 atom stereocenters. The van der Waals surface area contributed by atoms with E-state index in [-0.39, 0.29) is 16.3 Å². The van der Waals surface area contributed by atoms with Crippen LogP contribution in [0.4, 0.5) is 0 Å². The Hall–Kier alpha value is -1.74. The molecular weight excluding hydrogens is 216 g/mol. The number of aromatic carboxylic acids is 1. The summed E-state index contributed by atoms with van der Waals surface area (Å²) in [6.07, 6.45) is 0. The van der Waals surface area contributed by atoms with Gasteiger partial charge >= 0.3 is 5.97 Å². The molecule has 0 aromatic heterocycles. The van der Waals surface area contributed by atoms with E-state index >= 15 is 0 Å². The number of fused-ring (bicyclic) bond motifs is 1. The molecular formula is C11H7ClO3. The number of phenolic OH excluding ortho intramolecular Hbond substituents is 1. The first kappa shape index (κ1) is 9.80. The molecule has 2 aromatic carbocycles. The van der Waals surface area contributed by atoms with Crippen LogP contribution in [0.2, 0.25) is 5.02 Å². The average molecular weight is 223 g/mol. The largest absolute Gasteiger partial charge is 0.508 e. The van der Waals surface area contributed by atoms with Gasteiger partial charge in [-0.05, 0) is 29.7 Å². The number of carboxylic acids is 1. The fraction of sp³-hybridized carbons (Fsp3) is 0. The summed E-state index contributed by atoms with van der Waals surface area (Å²) in [6, 6.07) is 7.64. The molecule has 3 nitrogen and oxygen atoms in total. The highest BCUT2D eigenvalue weighted by atomic mass is 35.5. The first-order chi connectivity index (χ1) is 7.09. The van der Waals surface area contributed by atoms with Gasteiger partial charge in [0.2, 0.25) is 0 Å². The van der Waals surface area contributed by atoms with E-state index in [9.17, 15) is 9.90 Å². The molecule has 0 aliphatic heterocycles. The van der Waals surface area contributed by atoms with Gasteiger partial charge in [-0.1, -0.05) is 17.7 Å². The van der Waals surface area contributed by atoms with Crippen LogP contribution in [0.15, 0.2) is 30.3 Å². The van der Waals surface area contributed by atoms with Gasteiger partial charge in [-0.3, -0.25) is 0 Å². The zero-order chi connectivity index (χ0) is 11.0. The predicted molar refractivity (Wildman–Crippen MR) is 57.6 cm³/mol. The van der Waals surface area contributed by atoms with Crippen LogP contribution >= 0.6 is 11.6 Å². The van der Waals surface area contributed by atoms with E-state index in [4.69, 9.17) is 16.7 Å². The van der Waals surface area contributed by atoms with Gasteiger partial charge in [-0.2, -0.15) is 0 Å². The summed E-state index contributed by atoms with van der Waals surface area (Å²) in [4.78, 5) is 10.8. The molecule has 0 fully saturated rings. The number of hydrogen-bond donors (Lipinski definition) is 2. The van der Waals surface area contributed by atoms with Gasteiger partial charge in [-0.25, -0.2) is 4.79 Å². The van der Waals surface area contributed by atoms with Crippen molar-refractivity contribution in [2.45, 2.75) is 0 Å². The number of carboxylic acid groups (broad SMARTS) is 1. The summed E-state index contributed by atoms with van der Waals surface area (Å²) in [5.74, 6) is -0.934. The third kappa shape index (κ3) is 1.62. The van der Waals surface area contributed by atoms with Crippen LogP contribution < -0.4 is 0 Å². The lowest BCUT2D eigenvalue weighted by molar-refractivity contribution is 0.0697. The summed E-state index contributed by atoms with van der Waals surface area (Å²) in [6.45, 7) is 0. The number of hydrogen-bond acceptors (Lipinski definition) is 2. The third-order valence-corrected chi connectivity index (χ3v) is 2.58. The molecule has 0 spiro atoms. The third-order valence-electron chi connectivity index (χ3n) is 2.17. The lowest BCUT2D eigenvalue weighted by Gasteiger charge is -2.04. The molecule has 76 valence electrons. The summed E-state index contributed by atoms with van der Waals surface area (Å²) in [5.41, 5.74) is 0.0647. The molecule has 0 unspecified atom stereocenters. The molecule has 2 rings (SSSR count). The van der Waals surface area contributed by atoms with E-state index < -0.39 is 5.97 Å². The second kappa shape index (κ2) is 3.44. The maximum atomic E-state index is 10.8. The van der Waals surface area contributed by atoms with E-state index in [1.165, 1.54) is 18.2 Å². The summed E-state index contributed by atoms with van der Waals surface area (Å²) in [5, 5.41) is 19.6. The number of halogens is 1. The van der Waals surface area contributed by atoms with Gasteiger partial charge in [0, 0.05) is 5.39 Å². The fourth-order valence-corrected chi connectivity index (χ4v) is 1.76. The maximum absolute atomic E-state index is 10.8. The van der Waals surface area contributed by atoms with Crippen LogP contribution in [0.1, 0.15) is 10.4 Å². The van der Waals surface area contributed by atoms with Crippen LogP contribution in [-0.4, -0.2) is 16.2 Å². The van der Waals surface area contributed by atoms with Crippen molar-refractivity contribution in [1.29, 1.82) is 0 Å². The predicted octanol–water partition coefficient (Wildman–Crippen LogP) is 2.90. The Bertz CT molecular complexity index is 549. The monoisotopic (exact) mass is 222 g/mol. The lowest BCUT2D eigenvalue weighted by atomic mass is 10.1. The van der Waals surface area contributed by atoms with Crippen LogP contribution in [0, 0.1) is 0 Å². The van der Waals surface area contributed by atoms with E-state index in [0.717, 1.165) is 0 Å². The number of benzene rings is 2. The molecule has 0 aliphatic rings. The van der Waals surface area contributed by atoms with Crippen LogP contribution in [0.5, 0.6) is 5.75 Å². The van der Waals surface area contributed by atoms with Crippen molar-refractivity contribution in [2.24, 2.45) is 0 Å². The molecule has 0 saturated heterocycles. The van der Waals surface area contributed by atoms with Crippen molar-refractivity contribution >= 4 is 28.3 Å². The van der Waals surface area contributed by atoms with Crippen molar-refractivity contribution in [3.05, 3.63) is 40.9 Å². The topological polar surface area (TPSA) is 57.5 Å². The quantitative estimate of drug-likeness (QED) is 0.780. The van der Waals surface area contributed by atoms with E-state index in [2.05, 4.69) is 0 Å². The lowest BCUT2D eigenvalue weighted by Crippen LogP contribution is -1.97. The summed E-state index contributed by atoms with van der Waals surface area (Å²) >= 11 is 5.93. The molecule has 0 amide bonds. The van der Waals surface area contributed by atoms with Crippen LogP contribution in [-0.2, 0) is 0 Å². The highest BCUT2D eigenvalue weighted by Crippen LogP contribution is 2.29. The number of aromatic hydroxyl groups is 1. The number of rotatable bonds is 1. The molecule has 0 radical (unpaired) electrons. The van der Waals surface area contributed by atoms with E-state index in [1.807, 2.05) is 0 Å². The van der Waals surface area contributed by atoms with Crippen molar-refractivity contribution in [1.82, 2.24) is 0 Å². The van der Waals surface area contributed by atoms with Gasteiger partial charge in [0.05, 0.1) is 10.6 Å². The van der Waals surface area contributed by atoms with Gasteiger partial charge in [0.25, 0.3) is 0 Å². The molecule has 2 N–H and O–H groups in total. The number of carbonyl (C=O) groups is 1. The van der Waals surface area contributed by atoms with Crippen molar-refractivity contribution in [2.75, 3.05) is 0 Å². The normalized spacial score (nSPS) is 10.5. The van der Waals surface area contributed by atoms with Gasteiger partial charge in [0.15, 0.2) is 0 Å². The Labute approximate surface area is 90.5 Å². The summed E-state index contributed by atoms with van der Waals surface area (Å²) in [7, 11) is 0. The average Bonchev–Trinajstić information content (AvgIpc) is 2.17. The highest BCUT2D eigenvalue weighted by Gasteiger charge is 2.11. The van der Waals surface area contributed by atoms with Crippen LogP contribution in [0.25, 0.3) is 10.8 Å². The maximum Gasteiger partial charge on any atom is 0.337 e. The Morgan fingerprint density at radius 1 is 1.20 bits per heavy atom. The molecule has 0 saturated carbocycles. The van der Waals surface area contributed by atoms with Gasteiger partial charge in [-0.15, -0.1) is 0 Å². The minimum atomic E-state index is -1.06. The SMILES string of the molecule is O=C(O)c1ccc2cc(O)ccc2c1Cl. The second-order valence-electron chi connectivity index (χ2n) is 3.14. The smallest absolute Gasteiger partial charge is 0.337 e.